The summed E-state index contributed by atoms with van der Waals surface area (Å²) in [6.07, 6.45) is -0.586. The van der Waals surface area contributed by atoms with Gasteiger partial charge in [-0.25, -0.2) is 4.39 Å². The van der Waals surface area contributed by atoms with Gasteiger partial charge in [0.25, 0.3) is 0 Å². The highest BCUT2D eigenvalue weighted by molar-refractivity contribution is 8.00. The highest BCUT2D eigenvalue weighted by atomic mass is 32.2. The van der Waals surface area contributed by atoms with Gasteiger partial charge in [0.1, 0.15) is 18.2 Å². The molecule has 6 heteroatoms. The van der Waals surface area contributed by atoms with Crippen molar-refractivity contribution in [1.82, 2.24) is 0 Å². The first-order valence-corrected chi connectivity index (χ1v) is 10.2. The molecular formula is C23H19FO4S. The van der Waals surface area contributed by atoms with Crippen LogP contribution >= 0.6 is 11.8 Å². The van der Waals surface area contributed by atoms with Crippen LogP contribution in [0.3, 0.4) is 0 Å². The smallest absolute Gasteiger partial charge is 0.316 e. The van der Waals surface area contributed by atoms with Gasteiger partial charge in [-0.2, -0.15) is 0 Å². The van der Waals surface area contributed by atoms with E-state index in [1.165, 1.54) is 23.9 Å². The number of hydrogen-bond donors (Lipinski definition) is 0. The average molecular weight is 410 g/mol. The minimum atomic E-state index is -0.586. The fourth-order valence-electron chi connectivity index (χ4n) is 3.02. The maximum absolute atomic E-state index is 14.0. The molecule has 3 aromatic carbocycles. The lowest BCUT2D eigenvalue weighted by Crippen LogP contribution is -2.20. The first kappa shape index (κ1) is 19.5. The number of fused-ring (bicyclic) bond motifs is 1. The minimum Gasteiger partial charge on any atom is -0.460 e. The molecule has 0 aromatic heterocycles. The second-order valence-electron chi connectivity index (χ2n) is 6.49. The Balaban J connectivity index is 1.43. The Bertz CT molecular complexity index is 979. The Morgan fingerprint density at radius 2 is 1.79 bits per heavy atom. The van der Waals surface area contributed by atoms with Gasteiger partial charge >= 0.3 is 5.97 Å². The van der Waals surface area contributed by atoms with Crippen LogP contribution in [0.15, 0.2) is 77.7 Å². The van der Waals surface area contributed by atoms with Crippen LogP contribution in [-0.4, -0.2) is 11.7 Å². The molecule has 0 fully saturated rings. The summed E-state index contributed by atoms with van der Waals surface area (Å²) in [5.74, 6) is -0.102. The van der Waals surface area contributed by atoms with Crippen molar-refractivity contribution in [3.05, 3.63) is 95.3 Å². The summed E-state index contributed by atoms with van der Waals surface area (Å²) < 4.78 is 31.1. The second kappa shape index (κ2) is 9.11. The Morgan fingerprint density at radius 1 is 1.07 bits per heavy atom. The molecule has 1 heterocycles. The zero-order valence-corrected chi connectivity index (χ0v) is 16.4. The zero-order valence-electron chi connectivity index (χ0n) is 15.5. The third-order valence-corrected chi connectivity index (χ3v) is 5.37. The molecule has 4 nitrogen and oxygen atoms in total. The maximum atomic E-state index is 14.0. The number of esters is 1. The molecule has 0 radical (unpaired) electrons. The normalized spacial score (nSPS) is 15.3. The number of thioether (sulfide) groups is 1. The largest absolute Gasteiger partial charge is 0.460 e. The van der Waals surface area contributed by atoms with Gasteiger partial charge in [0, 0.05) is 21.6 Å². The quantitative estimate of drug-likeness (QED) is 0.409. The van der Waals surface area contributed by atoms with E-state index in [1.807, 2.05) is 60.7 Å². The number of halogens is 1. The lowest BCUT2D eigenvalue weighted by molar-refractivity contribution is -0.142. The first-order valence-electron chi connectivity index (χ1n) is 9.17. The fraction of sp³-hybridized carbons (Fsp3) is 0.174. The molecule has 1 atom stereocenters. The highest BCUT2D eigenvalue weighted by Gasteiger charge is 2.25. The summed E-state index contributed by atoms with van der Waals surface area (Å²) in [4.78, 5) is 13.1. The van der Waals surface area contributed by atoms with Crippen LogP contribution in [0.25, 0.3) is 0 Å². The fourth-order valence-corrected chi connectivity index (χ4v) is 3.73. The van der Waals surface area contributed by atoms with Crippen molar-refractivity contribution in [1.29, 1.82) is 0 Å². The lowest BCUT2D eigenvalue weighted by atomic mass is 10.1. The van der Waals surface area contributed by atoms with Crippen LogP contribution in [0.5, 0.6) is 5.75 Å². The SMILES string of the molecule is O=C(CSc1ccccc1)OCc1cc(F)cc2c1O[C@H](c1ccccc1)OC2. The minimum absolute atomic E-state index is 0.0597. The number of carbonyl (C=O) groups excluding carboxylic acids is 1. The van der Waals surface area contributed by atoms with E-state index in [4.69, 9.17) is 14.2 Å². The van der Waals surface area contributed by atoms with Crippen molar-refractivity contribution in [2.45, 2.75) is 24.4 Å². The predicted molar refractivity (Wildman–Crippen MR) is 108 cm³/mol. The third kappa shape index (κ3) is 4.96. The van der Waals surface area contributed by atoms with Crippen molar-refractivity contribution in [3.63, 3.8) is 0 Å². The summed E-state index contributed by atoms with van der Waals surface area (Å²) >= 11 is 1.39. The molecule has 0 aliphatic carbocycles. The third-order valence-electron chi connectivity index (χ3n) is 4.38. The highest BCUT2D eigenvalue weighted by Crippen LogP contribution is 2.36. The summed E-state index contributed by atoms with van der Waals surface area (Å²) in [6.45, 7) is 0.160. The summed E-state index contributed by atoms with van der Waals surface area (Å²) in [5.41, 5.74) is 1.95. The number of carbonyl (C=O) groups is 1. The summed E-state index contributed by atoms with van der Waals surface area (Å²) in [5, 5.41) is 0. The van der Waals surface area contributed by atoms with Crippen LogP contribution < -0.4 is 4.74 Å². The summed E-state index contributed by atoms with van der Waals surface area (Å²) in [6, 6.07) is 21.8. The average Bonchev–Trinajstić information content (AvgIpc) is 2.77. The molecule has 29 heavy (non-hydrogen) atoms. The van der Waals surface area contributed by atoms with E-state index in [2.05, 4.69) is 0 Å². The molecule has 0 amide bonds. The maximum Gasteiger partial charge on any atom is 0.316 e. The molecule has 0 saturated carbocycles. The standard InChI is InChI=1S/C23H19FO4S/c24-19-11-17(13-26-21(25)15-29-20-9-5-2-6-10-20)22-18(12-19)14-27-23(28-22)16-7-3-1-4-8-16/h1-12,23H,13-15H2/t23-/m1/s1. The molecule has 3 aromatic rings. The van der Waals surface area contributed by atoms with Crippen molar-refractivity contribution in [2.24, 2.45) is 0 Å². The first-order chi connectivity index (χ1) is 14.2. The van der Waals surface area contributed by atoms with Gasteiger partial charge in [-0.05, 0) is 24.3 Å². The van der Waals surface area contributed by atoms with Gasteiger partial charge < -0.3 is 14.2 Å². The van der Waals surface area contributed by atoms with Crippen LogP contribution in [0.4, 0.5) is 4.39 Å². The van der Waals surface area contributed by atoms with Crippen LogP contribution in [0.2, 0.25) is 0 Å². The molecular weight excluding hydrogens is 391 g/mol. The van der Waals surface area contributed by atoms with E-state index >= 15 is 0 Å². The Kier molecular flexibility index (Phi) is 6.12. The van der Waals surface area contributed by atoms with E-state index in [0.717, 1.165) is 10.5 Å². The molecule has 0 N–H and O–H groups in total. The van der Waals surface area contributed by atoms with Crippen molar-refractivity contribution in [2.75, 3.05) is 5.75 Å². The molecule has 0 bridgehead atoms. The van der Waals surface area contributed by atoms with E-state index in [0.29, 0.717) is 16.9 Å². The zero-order chi connectivity index (χ0) is 20.1. The van der Waals surface area contributed by atoms with E-state index in [-0.39, 0.29) is 24.9 Å². The Morgan fingerprint density at radius 3 is 2.55 bits per heavy atom. The van der Waals surface area contributed by atoms with Crippen LogP contribution in [0.1, 0.15) is 23.0 Å². The molecule has 4 rings (SSSR count). The van der Waals surface area contributed by atoms with Gasteiger partial charge in [-0.3, -0.25) is 4.79 Å². The van der Waals surface area contributed by atoms with Gasteiger partial charge in [0.2, 0.25) is 6.29 Å². The number of ether oxygens (including phenoxy) is 3. The van der Waals surface area contributed by atoms with Crippen molar-refractivity contribution in [3.8, 4) is 5.75 Å². The second-order valence-corrected chi connectivity index (χ2v) is 7.54. The number of hydrogen-bond acceptors (Lipinski definition) is 5. The van der Waals surface area contributed by atoms with Gasteiger partial charge in [0.15, 0.2) is 0 Å². The molecule has 0 saturated heterocycles. The van der Waals surface area contributed by atoms with E-state index in [1.54, 1.807) is 0 Å². The predicted octanol–water partition coefficient (Wildman–Crippen LogP) is 5.27. The number of benzene rings is 3. The molecule has 1 aliphatic heterocycles. The summed E-state index contributed by atoms with van der Waals surface area (Å²) in [7, 11) is 0. The van der Waals surface area contributed by atoms with Crippen LogP contribution in [0, 0.1) is 5.82 Å². The Labute approximate surface area is 172 Å². The topological polar surface area (TPSA) is 44.8 Å². The monoisotopic (exact) mass is 410 g/mol. The molecule has 1 aliphatic rings. The number of rotatable bonds is 6. The van der Waals surface area contributed by atoms with E-state index < -0.39 is 12.1 Å². The lowest BCUT2D eigenvalue weighted by Gasteiger charge is -2.28. The Hall–Kier alpha value is -2.83. The van der Waals surface area contributed by atoms with Crippen molar-refractivity contribution >= 4 is 17.7 Å². The van der Waals surface area contributed by atoms with Crippen LogP contribution in [-0.2, 0) is 27.5 Å². The molecule has 0 unspecified atom stereocenters. The van der Waals surface area contributed by atoms with Crippen molar-refractivity contribution < 1.29 is 23.4 Å². The molecule has 0 spiro atoms. The van der Waals surface area contributed by atoms with E-state index in [9.17, 15) is 9.18 Å². The van der Waals surface area contributed by atoms with Gasteiger partial charge in [-0.1, -0.05) is 48.5 Å². The van der Waals surface area contributed by atoms with Gasteiger partial charge in [0.05, 0.1) is 12.4 Å². The molecule has 148 valence electrons. The van der Waals surface area contributed by atoms with Gasteiger partial charge in [-0.15, -0.1) is 11.8 Å².